The number of nitrogens with one attached hydrogen (secondary N) is 1. The number of hydrogen-bond acceptors (Lipinski definition) is 4. The topological polar surface area (TPSA) is 95.9 Å². The van der Waals surface area contributed by atoms with Crippen LogP contribution in [0.4, 0.5) is 13.6 Å². The van der Waals surface area contributed by atoms with Crippen LogP contribution in [0, 0.1) is 0 Å². The number of rotatable bonds is 8. The lowest BCUT2D eigenvalue weighted by Crippen LogP contribution is -2.53. The lowest BCUT2D eigenvalue weighted by molar-refractivity contribution is -0.162. The number of nitrogens with zero attached hydrogens (tertiary/aromatic N) is 1. The summed E-state index contributed by atoms with van der Waals surface area (Å²) in [5.41, 5.74) is 4.01. The van der Waals surface area contributed by atoms with Gasteiger partial charge in [0, 0.05) is 12.0 Å². The van der Waals surface area contributed by atoms with E-state index < -0.39 is 43.0 Å². The molecule has 0 heterocycles. The summed E-state index contributed by atoms with van der Waals surface area (Å²) in [6.07, 6.45) is -1.09. The SMILES string of the molecule is CC(C)N(CC(=O)O)C(=O)C(F)(F)CNC(=O)OCC1c2ccccc2-c2ccccc21. The molecule has 2 aromatic rings. The second kappa shape index (κ2) is 9.33. The van der Waals surface area contributed by atoms with E-state index >= 15 is 0 Å². The predicted octanol–water partition coefficient (Wildman–Crippen LogP) is 3.48. The molecule has 7 nitrogen and oxygen atoms in total. The molecular weight excluding hydrogens is 422 g/mol. The van der Waals surface area contributed by atoms with Gasteiger partial charge in [-0.3, -0.25) is 9.59 Å². The molecule has 0 bridgehead atoms. The predicted molar refractivity (Wildman–Crippen MR) is 113 cm³/mol. The summed E-state index contributed by atoms with van der Waals surface area (Å²) >= 11 is 0. The van der Waals surface area contributed by atoms with Crippen molar-refractivity contribution < 1.29 is 33.0 Å². The number of hydrogen-bond donors (Lipinski definition) is 2. The third kappa shape index (κ3) is 4.87. The van der Waals surface area contributed by atoms with Gasteiger partial charge in [0.2, 0.25) is 0 Å². The fraction of sp³-hybridized carbons (Fsp3) is 0.348. The summed E-state index contributed by atoms with van der Waals surface area (Å²) in [6, 6.07) is 14.6. The summed E-state index contributed by atoms with van der Waals surface area (Å²) in [5.74, 6) is -7.30. The van der Waals surface area contributed by atoms with E-state index in [-0.39, 0.29) is 12.5 Å². The molecule has 2 amide bonds. The second-order valence-corrected chi connectivity index (χ2v) is 7.80. The number of carbonyl (C=O) groups is 3. The van der Waals surface area contributed by atoms with Crippen molar-refractivity contribution in [1.82, 2.24) is 10.2 Å². The normalized spacial score (nSPS) is 12.8. The summed E-state index contributed by atoms with van der Waals surface area (Å²) < 4.78 is 33.8. The molecule has 0 atom stereocenters. The number of benzene rings is 2. The minimum absolute atomic E-state index is 0.0590. The molecular formula is C23H24F2N2O5. The molecule has 0 aromatic heterocycles. The van der Waals surface area contributed by atoms with Gasteiger partial charge in [0.05, 0.1) is 6.54 Å². The van der Waals surface area contributed by atoms with Crippen molar-refractivity contribution in [3.63, 3.8) is 0 Å². The van der Waals surface area contributed by atoms with Crippen LogP contribution in [0.2, 0.25) is 0 Å². The Bertz CT molecular complexity index is 979. The first-order chi connectivity index (χ1) is 15.1. The van der Waals surface area contributed by atoms with Crippen LogP contribution >= 0.6 is 0 Å². The van der Waals surface area contributed by atoms with Crippen molar-refractivity contribution in [1.29, 1.82) is 0 Å². The Balaban J connectivity index is 1.61. The van der Waals surface area contributed by atoms with Gasteiger partial charge < -0.3 is 20.1 Å². The number of carboxylic acids is 1. The van der Waals surface area contributed by atoms with Crippen molar-refractivity contribution in [3.8, 4) is 11.1 Å². The highest BCUT2D eigenvalue weighted by atomic mass is 19.3. The Hall–Kier alpha value is -3.49. The second-order valence-electron chi connectivity index (χ2n) is 7.80. The highest BCUT2D eigenvalue weighted by Gasteiger charge is 2.44. The Morgan fingerprint density at radius 2 is 1.59 bits per heavy atom. The van der Waals surface area contributed by atoms with E-state index in [0.717, 1.165) is 22.3 Å². The fourth-order valence-electron chi connectivity index (χ4n) is 3.75. The average Bonchev–Trinajstić information content (AvgIpc) is 3.07. The van der Waals surface area contributed by atoms with Gasteiger partial charge in [0.15, 0.2) is 0 Å². The maximum absolute atomic E-state index is 14.3. The molecule has 0 fully saturated rings. The summed E-state index contributed by atoms with van der Waals surface area (Å²) in [5, 5.41) is 10.8. The van der Waals surface area contributed by atoms with Gasteiger partial charge in [0.1, 0.15) is 13.2 Å². The zero-order chi connectivity index (χ0) is 23.5. The minimum atomic E-state index is -3.98. The number of halogens is 2. The number of aliphatic carboxylic acids is 1. The van der Waals surface area contributed by atoms with Crippen molar-refractivity contribution in [2.45, 2.75) is 31.7 Å². The van der Waals surface area contributed by atoms with E-state index in [2.05, 4.69) is 0 Å². The standard InChI is InChI=1S/C23H24F2N2O5/c1-14(2)27(11-20(28)29)21(30)23(24,25)13-26-22(31)32-12-19-17-9-5-3-7-15(17)16-8-4-6-10-18(16)19/h3-10,14,19H,11-13H2,1-2H3,(H,26,31)(H,28,29). The number of carboxylic acid groups (broad SMARTS) is 1. The Kier molecular flexibility index (Phi) is 6.76. The van der Waals surface area contributed by atoms with Crippen molar-refractivity contribution in [3.05, 3.63) is 59.7 Å². The lowest BCUT2D eigenvalue weighted by Gasteiger charge is -2.28. The summed E-state index contributed by atoms with van der Waals surface area (Å²) in [6.45, 7) is 0.630. The van der Waals surface area contributed by atoms with E-state index in [1.54, 1.807) is 0 Å². The third-order valence-corrected chi connectivity index (χ3v) is 5.30. The van der Waals surface area contributed by atoms with Crippen LogP contribution in [0.15, 0.2) is 48.5 Å². The van der Waals surface area contributed by atoms with Crippen LogP contribution in [-0.2, 0) is 14.3 Å². The number of amides is 2. The monoisotopic (exact) mass is 446 g/mol. The molecule has 32 heavy (non-hydrogen) atoms. The van der Waals surface area contributed by atoms with Crippen LogP contribution in [0.1, 0.15) is 30.9 Å². The number of carbonyl (C=O) groups excluding carboxylic acids is 2. The van der Waals surface area contributed by atoms with Crippen LogP contribution in [0.3, 0.4) is 0 Å². The number of alkyl halides is 2. The third-order valence-electron chi connectivity index (χ3n) is 5.30. The zero-order valence-corrected chi connectivity index (χ0v) is 17.7. The van der Waals surface area contributed by atoms with E-state index in [9.17, 15) is 23.2 Å². The summed E-state index contributed by atoms with van der Waals surface area (Å²) in [7, 11) is 0. The zero-order valence-electron chi connectivity index (χ0n) is 17.7. The van der Waals surface area contributed by atoms with Gasteiger partial charge in [-0.15, -0.1) is 0 Å². The highest BCUT2D eigenvalue weighted by Crippen LogP contribution is 2.44. The molecule has 1 aliphatic carbocycles. The number of alkyl carbamates (subject to hydrolysis) is 1. The molecule has 2 aromatic carbocycles. The van der Waals surface area contributed by atoms with Gasteiger partial charge in [-0.2, -0.15) is 8.78 Å². The number of fused-ring (bicyclic) bond motifs is 3. The van der Waals surface area contributed by atoms with Gasteiger partial charge in [-0.25, -0.2) is 4.79 Å². The Morgan fingerprint density at radius 3 is 2.09 bits per heavy atom. The van der Waals surface area contributed by atoms with Crippen LogP contribution in [-0.4, -0.2) is 59.6 Å². The van der Waals surface area contributed by atoms with Crippen molar-refractivity contribution in [2.75, 3.05) is 19.7 Å². The van der Waals surface area contributed by atoms with E-state index in [1.807, 2.05) is 53.8 Å². The largest absolute Gasteiger partial charge is 0.480 e. The Morgan fingerprint density at radius 1 is 1.06 bits per heavy atom. The van der Waals surface area contributed by atoms with Crippen molar-refractivity contribution in [2.24, 2.45) is 0 Å². The first-order valence-corrected chi connectivity index (χ1v) is 10.1. The van der Waals surface area contributed by atoms with Gasteiger partial charge in [-0.1, -0.05) is 48.5 Å². The molecule has 0 unspecified atom stereocenters. The van der Waals surface area contributed by atoms with E-state index in [1.165, 1.54) is 13.8 Å². The van der Waals surface area contributed by atoms with Gasteiger partial charge in [0.25, 0.3) is 5.91 Å². The molecule has 0 aliphatic heterocycles. The maximum Gasteiger partial charge on any atom is 0.407 e. The first-order valence-electron chi connectivity index (χ1n) is 10.1. The minimum Gasteiger partial charge on any atom is -0.480 e. The molecule has 0 saturated carbocycles. The highest BCUT2D eigenvalue weighted by molar-refractivity contribution is 5.87. The molecule has 9 heteroatoms. The van der Waals surface area contributed by atoms with Crippen LogP contribution in [0.25, 0.3) is 11.1 Å². The maximum atomic E-state index is 14.3. The first kappa shape index (κ1) is 23.2. The summed E-state index contributed by atoms with van der Waals surface area (Å²) in [4.78, 5) is 35.6. The van der Waals surface area contributed by atoms with Crippen LogP contribution in [0.5, 0.6) is 0 Å². The average molecular weight is 446 g/mol. The molecule has 2 N–H and O–H groups in total. The van der Waals surface area contributed by atoms with E-state index in [4.69, 9.17) is 9.84 Å². The molecule has 0 spiro atoms. The molecule has 0 radical (unpaired) electrons. The smallest absolute Gasteiger partial charge is 0.407 e. The lowest BCUT2D eigenvalue weighted by atomic mass is 9.98. The molecule has 170 valence electrons. The number of ether oxygens (including phenoxy) is 1. The van der Waals surface area contributed by atoms with Crippen LogP contribution < -0.4 is 5.32 Å². The quantitative estimate of drug-likeness (QED) is 0.647. The molecule has 3 rings (SSSR count). The van der Waals surface area contributed by atoms with E-state index in [0.29, 0.717) is 4.90 Å². The Labute approximate surface area is 184 Å². The van der Waals surface area contributed by atoms with Crippen molar-refractivity contribution >= 4 is 18.0 Å². The van der Waals surface area contributed by atoms with Gasteiger partial charge in [-0.05, 0) is 36.1 Å². The van der Waals surface area contributed by atoms with Gasteiger partial charge >= 0.3 is 18.0 Å². The fourth-order valence-corrected chi connectivity index (χ4v) is 3.75. The molecule has 0 saturated heterocycles. The molecule has 1 aliphatic rings.